The summed E-state index contributed by atoms with van der Waals surface area (Å²) in [6, 6.07) is -0.101. The smallest absolute Gasteiger partial charge is 0.460 e. The van der Waals surface area contributed by atoms with Crippen LogP contribution in [0.15, 0.2) is 0 Å². The van der Waals surface area contributed by atoms with Gasteiger partial charge in [-0.1, -0.05) is 6.42 Å². The topological polar surface area (TPSA) is 115 Å². The number of esters is 1. The van der Waals surface area contributed by atoms with E-state index < -0.39 is 79.8 Å². The molecule has 0 aromatic heterocycles. The molecule has 2 aliphatic rings. The van der Waals surface area contributed by atoms with Gasteiger partial charge in [0, 0.05) is 30.4 Å². The summed E-state index contributed by atoms with van der Waals surface area (Å²) in [5.74, 6) is -58.0. The van der Waals surface area contributed by atoms with E-state index >= 15 is 0 Å². The average Bonchev–Trinajstić information content (AvgIpc) is 3.58. The Balaban J connectivity index is 1.69. The van der Waals surface area contributed by atoms with Crippen molar-refractivity contribution in [1.29, 1.82) is 0 Å². The highest BCUT2D eigenvalue weighted by molar-refractivity contribution is 8.00. The summed E-state index contributed by atoms with van der Waals surface area (Å²) >= 11 is 1.72. The third-order valence-corrected chi connectivity index (χ3v) is 9.22. The van der Waals surface area contributed by atoms with Gasteiger partial charge in [-0.05, 0) is 12.8 Å². The van der Waals surface area contributed by atoms with Crippen LogP contribution >= 0.6 is 11.8 Å². The Hall–Kier alpha value is -2.71. The molecular weight excluding hydrogens is 805 g/mol. The van der Waals surface area contributed by atoms with E-state index in [4.69, 9.17) is 4.74 Å². The normalized spacial score (nSPS) is 20.5. The lowest BCUT2D eigenvalue weighted by Crippen LogP contribution is -2.74. The molecule has 3 atom stereocenters. The maximum absolute atomic E-state index is 13.9. The minimum Gasteiger partial charge on any atom is -0.462 e. The van der Waals surface area contributed by atoms with Gasteiger partial charge in [-0.3, -0.25) is 4.79 Å². The Morgan fingerprint density at radius 2 is 1.26 bits per heavy atom. The van der Waals surface area contributed by atoms with Gasteiger partial charge in [0.15, 0.2) is 0 Å². The molecule has 3 amide bonds. The van der Waals surface area contributed by atoms with Gasteiger partial charge in [-0.15, -0.1) is 0 Å². The summed E-state index contributed by atoms with van der Waals surface area (Å²) in [6.45, 7) is -4.30. The molecule has 53 heavy (non-hydrogen) atoms. The van der Waals surface area contributed by atoms with Crippen LogP contribution in [0.25, 0.3) is 0 Å². The first-order chi connectivity index (χ1) is 24.0. The molecule has 0 aliphatic carbocycles. The van der Waals surface area contributed by atoms with Crippen molar-refractivity contribution in [2.75, 3.05) is 45.3 Å². The number of ether oxygens (including phenoxy) is 3. The van der Waals surface area contributed by atoms with Crippen LogP contribution in [0, 0.1) is 0 Å². The van der Waals surface area contributed by atoms with E-state index in [0.717, 1.165) is 18.6 Å². The molecule has 0 bridgehead atoms. The predicted octanol–water partition coefficient (Wildman–Crippen LogP) is 5.80. The van der Waals surface area contributed by atoms with Crippen molar-refractivity contribution in [2.45, 2.75) is 97.1 Å². The van der Waals surface area contributed by atoms with Crippen LogP contribution in [-0.4, -0.2) is 128 Å². The molecule has 0 radical (unpaired) electrons. The van der Waals surface area contributed by atoms with Crippen molar-refractivity contribution >= 4 is 29.7 Å². The zero-order valence-electron chi connectivity index (χ0n) is 26.5. The lowest BCUT2D eigenvalue weighted by Gasteiger charge is -2.42. The molecule has 2 heterocycles. The van der Waals surface area contributed by atoms with Gasteiger partial charge in [-0.2, -0.15) is 86.4 Å². The zero-order chi connectivity index (χ0) is 40.9. The Morgan fingerprint density at radius 1 is 0.698 bits per heavy atom. The van der Waals surface area contributed by atoms with Crippen molar-refractivity contribution in [3.05, 3.63) is 0 Å². The third-order valence-electron chi connectivity index (χ3n) is 7.71. The van der Waals surface area contributed by atoms with Gasteiger partial charge < -0.3 is 30.2 Å². The second-order valence-corrected chi connectivity index (χ2v) is 12.8. The molecule has 0 aromatic carbocycles. The van der Waals surface area contributed by atoms with Crippen molar-refractivity contribution in [3.63, 3.8) is 0 Å². The highest BCUT2D eigenvalue weighted by Crippen LogP contribution is 2.64. The number of rotatable bonds is 22. The molecule has 0 unspecified atom stereocenters. The van der Waals surface area contributed by atoms with Gasteiger partial charge in [0.1, 0.15) is 13.2 Å². The van der Waals surface area contributed by atoms with E-state index in [1.54, 1.807) is 11.8 Å². The van der Waals surface area contributed by atoms with Gasteiger partial charge >= 0.3 is 59.6 Å². The van der Waals surface area contributed by atoms with Crippen molar-refractivity contribution in [3.8, 4) is 0 Å². The van der Waals surface area contributed by atoms with E-state index in [-0.39, 0.29) is 55.5 Å². The number of halogens is 17. The predicted molar refractivity (Wildman–Crippen MR) is 145 cm³/mol. The number of fused-ring (bicyclic) bond motifs is 1. The highest BCUT2D eigenvalue weighted by atomic mass is 32.2. The van der Waals surface area contributed by atoms with Crippen LogP contribution in [0.1, 0.15) is 32.1 Å². The van der Waals surface area contributed by atoms with Gasteiger partial charge in [0.25, 0.3) is 0 Å². The Labute approximate surface area is 291 Å². The number of carbonyl (C=O) groups is 3. The molecule has 0 aromatic rings. The lowest BCUT2D eigenvalue weighted by atomic mass is 9.88. The molecule has 2 rings (SSSR count). The van der Waals surface area contributed by atoms with E-state index in [1.807, 2.05) is 0 Å². The van der Waals surface area contributed by atoms with Crippen LogP contribution in [0.2, 0.25) is 0 Å². The zero-order valence-corrected chi connectivity index (χ0v) is 27.3. The molecular formula is C26H30F17N3O6S. The van der Waals surface area contributed by atoms with Crippen LogP contribution in [0.5, 0.6) is 0 Å². The Morgan fingerprint density at radius 3 is 1.85 bits per heavy atom. The van der Waals surface area contributed by atoms with Crippen molar-refractivity contribution in [1.82, 2.24) is 16.0 Å². The number of nitrogens with one attached hydrogen (secondary N) is 3. The fourth-order valence-corrected chi connectivity index (χ4v) is 6.24. The maximum Gasteiger partial charge on any atom is 0.460 e. The number of urea groups is 1. The summed E-state index contributed by atoms with van der Waals surface area (Å²) in [6.07, 6.45) is -8.38. The molecule has 2 aliphatic heterocycles. The quantitative estimate of drug-likeness (QED) is 0.0547. The Bertz CT molecular complexity index is 1270. The number of thioether (sulfide) groups is 1. The first kappa shape index (κ1) is 46.4. The number of hydrogen-bond acceptors (Lipinski definition) is 7. The second-order valence-electron chi connectivity index (χ2n) is 11.5. The van der Waals surface area contributed by atoms with E-state index in [1.165, 1.54) is 0 Å². The molecule has 9 nitrogen and oxygen atoms in total. The molecule has 310 valence electrons. The molecule has 2 saturated heterocycles. The minimum absolute atomic E-state index is 0.0275. The monoisotopic (exact) mass is 835 g/mol. The summed E-state index contributed by atoms with van der Waals surface area (Å²) in [5.41, 5.74) is 0. The third kappa shape index (κ3) is 9.76. The van der Waals surface area contributed by atoms with Crippen LogP contribution in [-0.2, 0) is 23.8 Å². The fourth-order valence-electron chi connectivity index (χ4n) is 4.69. The first-order valence-electron chi connectivity index (χ1n) is 15.0. The number of hydrogen-bond donors (Lipinski definition) is 3. The SMILES string of the molecule is O=C(CCCC[C@@H]1SC[C@@H]2NC(=O)N[C@@H]21)NCCOCCOC(=O)COCCC(F)(F)C(F)(F)C(F)(F)C(F)(F)C(F)(F)C(F)(F)C(F)(F)C(F)(F)F. The van der Waals surface area contributed by atoms with Gasteiger partial charge in [0.2, 0.25) is 5.91 Å². The van der Waals surface area contributed by atoms with E-state index in [9.17, 15) is 89.0 Å². The maximum atomic E-state index is 13.9. The number of alkyl halides is 17. The summed E-state index contributed by atoms with van der Waals surface area (Å²) in [7, 11) is 0. The van der Waals surface area contributed by atoms with Crippen LogP contribution < -0.4 is 16.0 Å². The molecule has 27 heteroatoms. The minimum atomic E-state index is -8.71. The van der Waals surface area contributed by atoms with Gasteiger partial charge in [0.05, 0.1) is 31.9 Å². The standard InChI is InChI=1S/C26H30F17N3O6S/c27-19(28,20(29,30)21(31,32)22(33,34)23(35,36)24(37,38)25(39,40)26(41,42)43)5-7-51-11-16(48)52-10-9-50-8-6-44-15(47)4-2-1-3-14-17-13(12-53-14)45-18(49)46-17/h13-14,17H,1-12H2,(H,44,47)(H2,45,46,49)/t13-,14-,17-/m0/s1. The van der Waals surface area contributed by atoms with E-state index in [0.29, 0.717) is 6.42 Å². The van der Waals surface area contributed by atoms with Crippen molar-refractivity contribution in [2.24, 2.45) is 0 Å². The largest absolute Gasteiger partial charge is 0.462 e. The first-order valence-corrected chi connectivity index (χ1v) is 16.0. The summed E-state index contributed by atoms with van der Waals surface area (Å²) in [4.78, 5) is 34.8. The Kier molecular flexibility index (Phi) is 14.9. The number of unbranched alkanes of at least 4 members (excludes halogenated alkanes) is 1. The number of amides is 3. The molecule has 3 N–H and O–H groups in total. The molecule has 0 spiro atoms. The van der Waals surface area contributed by atoms with Crippen LogP contribution in [0.4, 0.5) is 79.4 Å². The second kappa shape index (κ2) is 17.0. The fraction of sp³-hybridized carbons (Fsp3) is 0.885. The van der Waals surface area contributed by atoms with Crippen LogP contribution in [0.3, 0.4) is 0 Å². The lowest BCUT2D eigenvalue weighted by molar-refractivity contribution is -0.462. The number of carbonyl (C=O) groups excluding carboxylic acids is 3. The molecule has 0 saturated carbocycles. The average molecular weight is 836 g/mol. The summed E-state index contributed by atoms with van der Waals surface area (Å²) in [5, 5.41) is 8.44. The molecule has 2 fully saturated rings. The van der Waals surface area contributed by atoms with Gasteiger partial charge in [-0.25, -0.2) is 9.59 Å². The summed E-state index contributed by atoms with van der Waals surface area (Å²) < 4.78 is 240. The highest BCUT2D eigenvalue weighted by Gasteiger charge is 2.95. The van der Waals surface area contributed by atoms with Crippen molar-refractivity contribution < 1.29 is 103 Å². The van der Waals surface area contributed by atoms with E-state index in [2.05, 4.69) is 25.4 Å².